The van der Waals surface area contributed by atoms with Crippen LogP contribution < -0.4 is 5.32 Å². The van der Waals surface area contributed by atoms with Gasteiger partial charge in [0.25, 0.3) is 0 Å². The van der Waals surface area contributed by atoms with E-state index in [0.29, 0.717) is 18.5 Å². The van der Waals surface area contributed by atoms with E-state index in [9.17, 15) is 5.11 Å². The highest BCUT2D eigenvalue weighted by molar-refractivity contribution is 4.85. The van der Waals surface area contributed by atoms with Crippen LogP contribution in [0, 0.1) is 5.92 Å². The van der Waals surface area contributed by atoms with Gasteiger partial charge in [-0.2, -0.15) is 0 Å². The highest BCUT2D eigenvalue weighted by atomic mass is 16.5. The quantitative estimate of drug-likeness (QED) is 0.689. The van der Waals surface area contributed by atoms with Gasteiger partial charge in [0.1, 0.15) is 0 Å². The van der Waals surface area contributed by atoms with Crippen molar-refractivity contribution < 1.29 is 9.84 Å². The number of aliphatic hydroxyl groups is 1. The van der Waals surface area contributed by atoms with E-state index in [-0.39, 0.29) is 6.10 Å². The lowest BCUT2D eigenvalue weighted by atomic mass is 10.2. The van der Waals surface area contributed by atoms with Crippen LogP contribution in [0.25, 0.3) is 0 Å². The zero-order valence-corrected chi connectivity index (χ0v) is 13.1. The van der Waals surface area contributed by atoms with E-state index in [2.05, 4.69) is 29.0 Å². The SMILES string of the molecule is CC(C)CNCC(O)CN1CCC(N2CCOCC2)C1. The van der Waals surface area contributed by atoms with Crippen molar-refractivity contribution in [3.8, 4) is 0 Å². The maximum absolute atomic E-state index is 10.1. The Bertz CT molecular complexity index is 270. The van der Waals surface area contributed by atoms with E-state index in [1.165, 1.54) is 6.42 Å². The van der Waals surface area contributed by atoms with Crippen LogP contribution in [0.2, 0.25) is 0 Å². The lowest BCUT2D eigenvalue weighted by Gasteiger charge is -2.32. The fraction of sp³-hybridized carbons (Fsp3) is 1.00. The maximum Gasteiger partial charge on any atom is 0.0791 e. The minimum Gasteiger partial charge on any atom is -0.390 e. The van der Waals surface area contributed by atoms with Gasteiger partial charge in [-0.15, -0.1) is 0 Å². The molecule has 2 aliphatic rings. The average molecular weight is 285 g/mol. The summed E-state index contributed by atoms with van der Waals surface area (Å²) in [5, 5.41) is 13.4. The van der Waals surface area contributed by atoms with Crippen LogP contribution >= 0.6 is 0 Å². The number of likely N-dealkylation sites (tertiary alicyclic amines) is 1. The minimum atomic E-state index is -0.253. The molecule has 0 aromatic rings. The van der Waals surface area contributed by atoms with Crippen LogP contribution in [0.5, 0.6) is 0 Å². The van der Waals surface area contributed by atoms with Gasteiger partial charge in [0.15, 0.2) is 0 Å². The Balaban J connectivity index is 1.62. The monoisotopic (exact) mass is 285 g/mol. The van der Waals surface area contributed by atoms with Gasteiger partial charge in [-0.1, -0.05) is 13.8 Å². The highest BCUT2D eigenvalue weighted by Crippen LogP contribution is 2.16. The van der Waals surface area contributed by atoms with Gasteiger partial charge in [0, 0.05) is 38.8 Å². The number of nitrogens with one attached hydrogen (secondary N) is 1. The summed E-state index contributed by atoms with van der Waals surface area (Å²) in [7, 11) is 0. The molecule has 0 bridgehead atoms. The molecular weight excluding hydrogens is 254 g/mol. The lowest BCUT2D eigenvalue weighted by molar-refractivity contribution is 0.0174. The van der Waals surface area contributed by atoms with Gasteiger partial charge in [-0.05, 0) is 25.4 Å². The molecule has 2 unspecified atom stereocenters. The standard InChI is InChI=1S/C15H31N3O2/c1-13(2)9-16-10-15(19)12-17-4-3-14(11-17)18-5-7-20-8-6-18/h13-16,19H,3-12H2,1-2H3. The van der Waals surface area contributed by atoms with Crippen molar-refractivity contribution >= 4 is 0 Å². The summed E-state index contributed by atoms with van der Waals surface area (Å²) in [6.07, 6.45) is 0.976. The van der Waals surface area contributed by atoms with Crippen LogP contribution in [-0.2, 0) is 4.74 Å². The molecule has 5 nitrogen and oxygen atoms in total. The topological polar surface area (TPSA) is 48.0 Å². The van der Waals surface area contributed by atoms with E-state index in [4.69, 9.17) is 4.74 Å². The summed E-state index contributed by atoms with van der Waals surface area (Å²) < 4.78 is 5.41. The number of hydrogen-bond donors (Lipinski definition) is 2. The summed E-state index contributed by atoms with van der Waals surface area (Å²) in [5.41, 5.74) is 0. The number of rotatable bonds is 7. The third-order valence-electron chi connectivity index (χ3n) is 4.21. The number of morpholine rings is 1. The summed E-state index contributed by atoms with van der Waals surface area (Å²) in [4.78, 5) is 4.95. The van der Waals surface area contributed by atoms with Gasteiger partial charge in [-0.3, -0.25) is 9.80 Å². The molecule has 0 amide bonds. The number of nitrogens with zero attached hydrogens (tertiary/aromatic N) is 2. The van der Waals surface area contributed by atoms with Crippen molar-refractivity contribution in [3.63, 3.8) is 0 Å². The van der Waals surface area contributed by atoms with Crippen molar-refractivity contribution in [1.29, 1.82) is 0 Å². The maximum atomic E-state index is 10.1. The number of ether oxygens (including phenoxy) is 1. The predicted octanol–water partition coefficient (Wildman–Crippen LogP) is -0.000600. The van der Waals surface area contributed by atoms with Crippen LogP contribution in [0.3, 0.4) is 0 Å². The fourth-order valence-electron chi connectivity index (χ4n) is 3.12. The molecule has 2 fully saturated rings. The van der Waals surface area contributed by atoms with Crippen molar-refractivity contribution in [1.82, 2.24) is 15.1 Å². The Morgan fingerprint density at radius 2 is 1.95 bits per heavy atom. The Labute approximate surface area is 123 Å². The first kappa shape index (κ1) is 16.2. The molecule has 118 valence electrons. The Morgan fingerprint density at radius 3 is 2.65 bits per heavy atom. The molecule has 5 heteroatoms. The molecule has 20 heavy (non-hydrogen) atoms. The van der Waals surface area contributed by atoms with E-state index >= 15 is 0 Å². The van der Waals surface area contributed by atoms with Gasteiger partial charge in [0.2, 0.25) is 0 Å². The summed E-state index contributed by atoms with van der Waals surface area (Å²) in [6.45, 7) is 12.9. The van der Waals surface area contributed by atoms with E-state index < -0.39 is 0 Å². The van der Waals surface area contributed by atoms with Crippen molar-refractivity contribution in [2.75, 3.05) is 59.0 Å². The number of aliphatic hydroxyl groups excluding tert-OH is 1. The molecule has 0 aromatic heterocycles. The Kier molecular flexibility index (Phi) is 6.71. The second-order valence-corrected chi connectivity index (χ2v) is 6.56. The molecule has 0 spiro atoms. The van der Waals surface area contributed by atoms with Gasteiger partial charge >= 0.3 is 0 Å². The molecule has 2 saturated heterocycles. The first-order valence-electron chi connectivity index (χ1n) is 8.08. The van der Waals surface area contributed by atoms with E-state index in [0.717, 1.165) is 52.5 Å². The predicted molar refractivity (Wildman–Crippen MR) is 81.0 cm³/mol. The molecule has 2 N–H and O–H groups in total. The van der Waals surface area contributed by atoms with E-state index in [1.807, 2.05) is 0 Å². The zero-order valence-electron chi connectivity index (χ0n) is 13.1. The molecule has 0 aliphatic carbocycles. The smallest absolute Gasteiger partial charge is 0.0791 e. The molecular formula is C15H31N3O2. The van der Waals surface area contributed by atoms with Crippen LogP contribution in [0.15, 0.2) is 0 Å². The summed E-state index contributed by atoms with van der Waals surface area (Å²) >= 11 is 0. The van der Waals surface area contributed by atoms with Crippen LogP contribution in [0.4, 0.5) is 0 Å². The van der Waals surface area contributed by atoms with Gasteiger partial charge in [-0.25, -0.2) is 0 Å². The molecule has 0 radical (unpaired) electrons. The minimum absolute atomic E-state index is 0.253. The van der Waals surface area contributed by atoms with Crippen LogP contribution in [0.1, 0.15) is 20.3 Å². The molecule has 2 heterocycles. The third kappa shape index (κ3) is 5.30. The molecule has 2 aliphatic heterocycles. The Hall–Kier alpha value is -0.200. The molecule has 2 rings (SSSR count). The molecule has 0 aromatic carbocycles. The highest BCUT2D eigenvalue weighted by Gasteiger charge is 2.29. The largest absolute Gasteiger partial charge is 0.390 e. The van der Waals surface area contributed by atoms with Gasteiger partial charge in [0.05, 0.1) is 19.3 Å². The zero-order chi connectivity index (χ0) is 14.4. The van der Waals surface area contributed by atoms with E-state index in [1.54, 1.807) is 0 Å². The lowest BCUT2D eigenvalue weighted by Crippen LogP contribution is -2.45. The third-order valence-corrected chi connectivity index (χ3v) is 4.21. The number of hydrogen-bond acceptors (Lipinski definition) is 5. The van der Waals surface area contributed by atoms with Crippen LogP contribution in [-0.4, -0.2) is 86.1 Å². The number of β-amino-alcohol motifs (C(OH)–C–C–N with tert-alkyl or cyclic N) is 1. The van der Waals surface area contributed by atoms with Gasteiger partial charge < -0.3 is 15.2 Å². The summed E-state index contributed by atoms with van der Waals surface area (Å²) in [6, 6.07) is 0.662. The fourth-order valence-corrected chi connectivity index (χ4v) is 3.12. The van der Waals surface area contributed by atoms with Crippen molar-refractivity contribution in [2.24, 2.45) is 5.92 Å². The second-order valence-electron chi connectivity index (χ2n) is 6.56. The summed E-state index contributed by atoms with van der Waals surface area (Å²) in [5.74, 6) is 0.639. The van der Waals surface area contributed by atoms with Crippen molar-refractivity contribution in [3.05, 3.63) is 0 Å². The first-order valence-corrected chi connectivity index (χ1v) is 8.08. The molecule has 2 atom stereocenters. The normalized spacial score (nSPS) is 27.3. The Morgan fingerprint density at radius 1 is 1.20 bits per heavy atom. The van der Waals surface area contributed by atoms with Crippen molar-refractivity contribution in [2.45, 2.75) is 32.4 Å². The second kappa shape index (κ2) is 8.29. The molecule has 0 saturated carbocycles. The average Bonchev–Trinajstić information content (AvgIpc) is 2.88. The first-order chi connectivity index (χ1) is 9.65.